The molecule has 0 saturated carbocycles. The number of nitrogens with zero attached hydrogens (tertiary/aromatic N) is 2. The minimum Gasteiger partial charge on any atom is -0.474 e. The van der Waals surface area contributed by atoms with Crippen molar-refractivity contribution in [2.45, 2.75) is 32.2 Å². The van der Waals surface area contributed by atoms with Crippen molar-refractivity contribution in [2.24, 2.45) is 0 Å². The smallest absolute Gasteiger partial charge is 0.221 e. The molecule has 1 aliphatic heterocycles. The van der Waals surface area contributed by atoms with Gasteiger partial charge in [0.15, 0.2) is 0 Å². The number of aromatic nitrogens is 1. The Morgan fingerprint density at radius 2 is 1.85 bits per heavy atom. The zero-order valence-corrected chi connectivity index (χ0v) is 15.2. The summed E-state index contributed by atoms with van der Waals surface area (Å²) in [6.07, 6.45) is 1.79. The molecule has 4 nitrogen and oxygen atoms in total. The summed E-state index contributed by atoms with van der Waals surface area (Å²) >= 11 is 0. The SMILES string of the molecule is CC(C)N1CC(COc2nccc3ccccc23)OC1c1ccccc1. The van der Waals surface area contributed by atoms with E-state index in [9.17, 15) is 0 Å². The molecule has 4 rings (SSSR count). The lowest BCUT2D eigenvalue weighted by Gasteiger charge is -2.26. The monoisotopic (exact) mass is 348 g/mol. The summed E-state index contributed by atoms with van der Waals surface area (Å²) < 4.78 is 12.4. The number of rotatable bonds is 5. The van der Waals surface area contributed by atoms with E-state index in [2.05, 4.69) is 54.1 Å². The minimum absolute atomic E-state index is 0.0170. The van der Waals surface area contributed by atoms with Crippen molar-refractivity contribution in [3.8, 4) is 5.88 Å². The van der Waals surface area contributed by atoms with Crippen LogP contribution in [0.2, 0.25) is 0 Å². The molecule has 3 aromatic rings. The summed E-state index contributed by atoms with van der Waals surface area (Å²) in [5, 5.41) is 2.17. The Bertz CT molecular complexity index is 861. The third-order valence-electron chi connectivity index (χ3n) is 4.83. The second-order valence-electron chi connectivity index (χ2n) is 6.96. The third kappa shape index (κ3) is 3.43. The van der Waals surface area contributed by atoms with Gasteiger partial charge in [-0.2, -0.15) is 0 Å². The van der Waals surface area contributed by atoms with Crippen LogP contribution in [0.15, 0.2) is 66.9 Å². The summed E-state index contributed by atoms with van der Waals surface area (Å²) in [4.78, 5) is 6.78. The Labute approximate surface area is 154 Å². The van der Waals surface area contributed by atoms with E-state index in [0.29, 0.717) is 18.5 Å². The maximum Gasteiger partial charge on any atom is 0.221 e. The van der Waals surface area contributed by atoms with Crippen LogP contribution < -0.4 is 4.74 Å². The maximum atomic E-state index is 6.33. The lowest BCUT2D eigenvalue weighted by atomic mass is 10.1. The molecule has 26 heavy (non-hydrogen) atoms. The molecule has 2 aromatic carbocycles. The summed E-state index contributed by atoms with van der Waals surface area (Å²) in [7, 11) is 0. The van der Waals surface area contributed by atoms with E-state index in [1.165, 1.54) is 5.56 Å². The van der Waals surface area contributed by atoms with Gasteiger partial charge in [-0.1, -0.05) is 48.5 Å². The number of benzene rings is 2. The van der Waals surface area contributed by atoms with Gasteiger partial charge in [0.2, 0.25) is 5.88 Å². The highest BCUT2D eigenvalue weighted by atomic mass is 16.6. The van der Waals surface area contributed by atoms with Crippen molar-refractivity contribution in [3.05, 3.63) is 72.4 Å². The van der Waals surface area contributed by atoms with Gasteiger partial charge in [0.25, 0.3) is 0 Å². The Morgan fingerprint density at radius 3 is 2.65 bits per heavy atom. The van der Waals surface area contributed by atoms with Gasteiger partial charge in [0.05, 0.1) is 0 Å². The van der Waals surface area contributed by atoms with Crippen molar-refractivity contribution in [2.75, 3.05) is 13.2 Å². The van der Waals surface area contributed by atoms with Crippen molar-refractivity contribution in [1.29, 1.82) is 0 Å². The average Bonchev–Trinajstić information content (AvgIpc) is 3.12. The molecule has 0 bridgehead atoms. The molecule has 2 heterocycles. The first-order valence-corrected chi connectivity index (χ1v) is 9.15. The second-order valence-corrected chi connectivity index (χ2v) is 6.96. The topological polar surface area (TPSA) is 34.6 Å². The molecule has 1 aromatic heterocycles. The fourth-order valence-corrected chi connectivity index (χ4v) is 3.47. The Hall–Kier alpha value is -2.43. The van der Waals surface area contributed by atoms with E-state index >= 15 is 0 Å². The Kier molecular flexibility index (Phi) is 4.87. The number of hydrogen-bond acceptors (Lipinski definition) is 4. The molecule has 2 atom stereocenters. The van der Waals surface area contributed by atoms with Crippen LogP contribution in [-0.2, 0) is 4.74 Å². The first-order chi connectivity index (χ1) is 12.7. The van der Waals surface area contributed by atoms with Crippen molar-refractivity contribution in [3.63, 3.8) is 0 Å². The zero-order chi connectivity index (χ0) is 17.9. The molecular weight excluding hydrogens is 324 g/mol. The summed E-state index contributed by atoms with van der Waals surface area (Å²) in [5.74, 6) is 0.672. The lowest BCUT2D eigenvalue weighted by Crippen LogP contribution is -2.32. The van der Waals surface area contributed by atoms with E-state index in [1.807, 2.05) is 30.3 Å². The van der Waals surface area contributed by atoms with E-state index in [4.69, 9.17) is 9.47 Å². The highest BCUT2D eigenvalue weighted by Crippen LogP contribution is 2.32. The van der Waals surface area contributed by atoms with Crippen molar-refractivity contribution >= 4 is 10.8 Å². The van der Waals surface area contributed by atoms with Gasteiger partial charge in [-0.15, -0.1) is 0 Å². The van der Waals surface area contributed by atoms with Gasteiger partial charge < -0.3 is 9.47 Å². The van der Waals surface area contributed by atoms with E-state index in [-0.39, 0.29) is 12.3 Å². The van der Waals surface area contributed by atoms with Gasteiger partial charge in [-0.25, -0.2) is 4.98 Å². The molecule has 0 amide bonds. The molecule has 0 spiro atoms. The standard InChI is InChI=1S/C22H24N2O2/c1-16(2)24-14-19(26-22(24)18-9-4-3-5-10-18)15-25-21-20-11-7-6-8-17(20)12-13-23-21/h3-13,16,19,22H,14-15H2,1-2H3. The van der Waals surface area contributed by atoms with E-state index in [1.54, 1.807) is 6.20 Å². The molecule has 0 N–H and O–H groups in total. The molecule has 1 saturated heterocycles. The molecule has 1 fully saturated rings. The van der Waals surface area contributed by atoms with Crippen LogP contribution >= 0.6 is 0 Å². The van der Waals surface area contributed by atoms with Crippen molar-refractivity contribution in [1.82, 2.24) is 9.88 Å². The average molecular weight is 348 g/mol. The van der Waals surface area contributed by atoms with Gasteiger partial charge in [-0.3, -0.25) is 4.90 Å². The van der Waals surface area contributed by atoms with Gasteiger partial charge in [0, 0.05) is 24.2 Å². The molecule has 4 heteroatoms. The molecule has 1 aliphatic rings. The Balaban J connectivity index is 1.49. The fourth-order valence-electron chi connectivity index (χ4n) is 3.47. The molecule has 0 radical (unpaired) electrons. The number of ether oxygens (including phenoxy) is 2. The van der Waals surface area contributed by atoms with Crippen LogP contribution in [0.1, 0.15) is 25.6 Å². The van der Waals surface area contributed by atoms with Crippen LogP contribution in [-0.4, -0.2) is 35.2 Å². The number of fused-ring (bicyclic) bond motifs is 1. The minimum atomic E-state index is -0.0229. The fraction of sp³-hybridized carbons (Fsp3) is 0.318. The molecule has 0 aliphatic carbocycles. The molecule has 2 unspecified atom stereocenters. The van der Waals surface area contributed by atoms with E-state index in [0.717, 1.165) is 17.3 Å². The maximum absolute atomic E-state index is 6.33. The van der Waals surface area contributed by atoms with Crippen LogP contribution in [0.25, 0.3) is 10.8 Å². The lowest BCUT2D eigenvalue weighted by molar-refractivity contribution is -0.0237. The first kappa shape index (κ1) is 17.0. The zero-order valence-electron chi connectivity index (χ0n) is 15.2. The van der Waals surface area contributed by atoms with Crippen LogP contribution in [0, 0.1) is 0 Å². The largest absolute Gasteiger partial charge is 0.474 e. The number of hydrogen-bond donors (Lipinski definition) is 0. The third-order valence-corrected chi connectivity index (χ3v) is 4.83. The van der Waals surface area contributed by atoms with Gasteiger partial charge in [-0.05, 0) is 36.9 Å². The Morgan fingerprint density at radius 1 is 1.08 bits per heavy atom. The second kappa shape index (κ2) is 7.44. The highest BCUT2D eigenvalue weighted by Gasteiger charge is 2.35. The predicted octanol–water partition coefficient (Wildman–Crippen LogP) is 4.42. The normalized spacial score (nSPS) is 20.7. The number of pyridine rings is 1. The predicted molar refractivity (Wildman–Crippen MR) is 103 cm³/mol. The molecule has 134 valence electrons. The highest BCUT2D eigenvalue weighted by molar-refractivity contribution is 5.86. The molecular formula is C22H24N2O2. The van der Waals surface area contributed by atoms with Crippen LogP contribution in [0.4, 0.5) is 0 Å². The van der Waals surface area contributed by atoms with Gasteiger partial charge in [0.1, 0.15) is 18.9 Å². The van der Waals surface area contributed by atoms with E-state index < -0.39 is 0 Å². The van der Waals surface area contributed by atoms with Crippen LogP contribution in [0.5, 0.6) is 5.88 Å². The van der Waals surface area contributed by atoms with Crippen LogP contribution in [0.3, 0.4) is 0 Å². The summed E-state index contributed by atoms with van der Waals surface area (Å²) in [6, 6.07) is 20.9. The summed E-state index contributed by atoms with van der Waals surface area (Å²) in [5.41, 5.74) is 1.19. The summed E-state index contributed by atoms with van der Waals surface area (Å²) in [6.45, 7) is 5.75. The first-order valence-electron chi connectivity index (χ1n) is 9.15. The van der Waals surface area contributed by atoms with Gasteiger partial charge >= 0.3 is 0 Å². The van der Waals surface area contributed by atoms with Crippen molar-refractivity contribution < 1.29 is 9.47 Å². The quantitative estimate of drug-likeness (QED) is 0.683.